The van der Waals surface area contributed by atoms with E-state index in [1.54, 1.807) is 12.1 Å². The SMILES string of the molecule is Cc1ccc(-c2ccc3c4ccccc4c4c(-c5ccc(C(F)(F)F)cc5)ccc5c6ccccc6c2c3c54)cc1. The fourth-order valence-corrected chi connectivity index (χ4v) is 6.66. The average Bonchev–Trinajstić information content (AvgIpc) is 3.00. The largest absolute Gasteiger partial charge is 0.416 e. The smallest absolute Gasteiger partial charge is 0.166 e. The summed E-state index contributed by atoms with van der Waals surface area (Å²) in [6.45, 7) is 2.10. The highest BCUT2D eigenvalue weighted by Gasteiger charge is 2.30. The standard InChI is InChI=1S/C38H23F3/c1-22-10-12-23(13-11-22)26-18-20-32-29-7-3-5-9-31(29)35-27(24-14-16-25(17-15-24)38(39,40)41)19-21-33-28-6-2-4-8-30(28)34(26)36(32)37(33)35/h2-21H,1H3. The van der Waals surface area contributed by atoms with E-state index >= 15 is 0 Å². The summed E-state index contributed by atoms with van der Waals surface area (Å²) in [6.07, 6.45) is -4.38. The topological polar surface area (TPSA) is 0 Å². The molecule has 0 radical (unpaired) electrons. The monoisotopic (exact) mass is 536 g/mol. The Morgan fingerprint density at radius 2 is 0.780 bits per heavy atom. The molecule has 0 aliphatic rings. The highest BCUT2D eigenvalue weighted by molar-refractivity contribution is 6.43. The fraction of sp³-hybridized carbons (Fsp3) is 0.0526. The third-order valence-corrected chi connectivity index (χ3v) is 8.52. The lowest BCUT2D eigenvalue weighted by Gasteiger charge is -2.22. The van der Waals surface area contributed by atoms with Crippen LogP contribution in [-0.4, -0.2) is 0 Å². The normalized spacial score (nSPS) is 12.4. The zero-order valence-electron chi connectivity index (χ0n) is 22.2. The molecule has 0 spiro atoms. The van der Waals surface area contributed by atoms with Crippen LogP contribution in [0.1, 0.15) is 11.1 Å². The van der Waals surface area contributed by atoms with Crippen LogP contribution in [0.2, 0.25) is 0 Å². The van der Waals surface area contributed by atoms with E-state index in [2.05, 4.69) is 97.9 Å². The summed E-state index contributed by atoms with van der Waals surface area (Å²) < 4.78 is 40.2. The summed E-state index contributed by atoms with van der Waals surface area (Å²) in [5.41, 5.74) is 4.60. The van der Waals surface area contributed by atoms with Crippen molar-refractivity contribution < 1.29 is 13.2 Å². The maximum absolute atomic E-state index is 13.4. The summed E-state index contributed by atoms with van der Waals surface area (Å²) in [6, 6.07) is 39.8. The second-order valence-electron chi connectivity index (χ2n) is 10.9. The van der Waals surface area contributed by atoms with Crippen molar-refractivity contribution in [3.05, 3.63) is 132 Å². The van der Waals surface area contributed by atoms with Crippen molar-refractivity contribution in [1.82, 2.24) is 0 Å². The van der Waals surface area contributed by atoms with Gasteiger partial charge in [-0.1, -0.05) is 115 Å². The molecule has 0 nitrogen and oxygen atoms in total. The van der Waals surface area contributed by atoms with E-state index in [-0.39, 0.29) is 0 Å². The van der Waals surface area contributed by atoms with Crippen molar-refractivity contribution in [2.75, 3.05) is 0 Å². The predicted octanol–water partition coefficient (Wildman–Crippen LogP) is 11.6. The molecule has 0 bridgehead atoms. The summed E-state index contributed by atoms with van der Waals surface area (Å²) in [5, 5.41) is 11.5. The first-order valence-electron chi connectivity index (χ1n) is 13.7. The Labute approximate surface area is 234 Å². The number of halogens is 3. The Bertz CT molecular complexity index is 2270. The highest BCUT2D eigenvalue weighted by atomic mass is 19.4. The summed E-state index contributed by atoms with van der Waals surface area (Å²) in [5.74, 6) is 0. The van der Waals surface area contributed by atoms with Crippen molar-refractivity contribution >= 4 is 53.9 Å². The molecule has 8 aromatic rings. The van der Waals surface area contributed by atoms with Crippen LogP contribution in [0.3, 0.4) is 0 Å². The summed E-state index contributed by atoms with van der Waals surface area (Å²) in [4.78, 5) is 0. The van der Waals surface area contributed by atoms with Gasteiger partial charge in [0.15, 0.2) is 0 Å². The Morgan fingerprint density at radius 1 is 0.390 bits per heavy atom. The minimum atomic E-state index is -4.38. The van der Waals surface area contributed by atoms with Crippen molar-refractivity contribution in [2.24, 2.45) is 0 Å². The summed E-state index contributed by atoms with van der Waals surface area (Å²) in [7, 11) is 0. The molecule has 0 saturated carbocycles. The third kappa shape index (κ3) is 3.48. The molecule has 0 heterocycles. The second kappa shape index (κ2) is 8.55. The van der Waals surface area contributed by atoms with E-state index in [1.807, 2.05) is 6.07 Å². The van der Waals surface area contributed by atoms with Gasteiger partial charge in [-0.2, -0.15) is 13.2 Å². The molecule has 0 fully saturated rings. The van der Waals surface area contributed by atoms with Gasteiger partial charge in [0.25, 0.3) is 0 Å². The number of alkyl halides is 3. The van der Waals surface area contributed by atoms with Gasteiger partial charge >= 0.3 is 6.18 Å². The van der Waals surface area contributed by atoms with Crippen LogP contribution in [0.4, 0.5) is 13.2 Å². The summed E-state index contributed by atoms with van der Waals surface area (Å²) >= 11 is 0. The van der Waals surface area contributed by atoms with Crippen molar-refractivity contribution in [3.63, 3.8) is 0 Å². The van der Waals surface area contributed by atoms with Gasteiger partial charge in [-0.3, -0.25) is 0 Å². The molecule has 0 N–H and O–H groups in total. The number of aryl methyl sites for hydroxylation is 1. The molecule has 0 aromatic heterocycles. The van der Waals surface area contributed by atoms with E-state index in [9.17, 15) is 13.2 Å². The Balaban J connectivity index is 1.60. The third-order valence-electron chi connectivity index (χ3n) is 8.52. The molecule has 0 aliphatic heterocycles. The Morgan fingerprint density at radius 3 is 1.22 bits per heavy atom. The first kappa shape index (κ1) is 24.0. The fourth-order valence-electron chi connectivity index (χ4n) is 6.66. The highest BCUT2D eigenvalue weighted by Crippen LogP contribution is 2.50. The van der Waals surface area contributed by atoms with Crippen LogP contribution in [0.25, 0.3) is 76.1 Å². The van der Waals surface area contributed by atoms with Crippen LogP contribution in [0.15, 0.2) is 121 Å². The minimum Gasteiger partial charge on any atom is -0.166 e. The van der Waals surface area contributed by atoms with Crippen LogP contribution in [0.5, 0.6) is 0 Å². The molecule has 41 heavy (non-hydrogen) atoms. The van der Waals surface area contributed by atoms with Crippen LogP contribution in [0, 0.1) is 6.92 Å². The lowest BCUT2D eigenvalue weighted by molar-refractivity contribution is -0.137. The zero-order chi connectivity index (χ0) is 27.9. The zero-order valence-corrected chi connectivity index (χ0v) is 22.2. The van der Waals surface area contributed by atoms with Crippen molar-refractivity contribution in [3.8, 4) is 22.3 Å². The number of hydrogen-bond donors (Lipinski definition) is 0. The van der Waals surface area contributed by atoms with E-state index in [1.165, 1.54) is 50.2 Å². The van der Waals surface area contributed by atoms with E-state index in [4.69, 9.17) is 0 Å². The van der Waals surface area contributed by atoms with Gasteiger partial charge < -0.3 is 0 Å². The van der Waals surface area contributed by atoms with Gasteiger partial charge in [-0.25, -0.2) is 0 Å². The quantitative estimate of drug-likeness (QED) is 0.152. The minimum absolute atomic E-state index is 0.641. The van der Waals surface area contributed by atoms with E-state index in [0.29, 0.717) is 0 Å². The van der Waals surface area contributed by atoms with Crippen LogP contribution >= 0.6 is 0 Å². The number of benzene rings is 8. The predicted molar refractivity (Wildman–Crippen MR) is 166 cm³/mol. The maximum Gasteiger partial charge on any atom is 0.416 e. The second-order valence-corrected chi connectivity index (χ2v) is 10.9. The first-order valence-corrected chi connectivity index (χ1v) is 13.7. The Hall–Kier alpha value is -4.89. The molecule has 0 amide bonds. The van der Waals surface area contributed by atoms with Gasteiger partial charge in [0.2, 0.25) is 0 Å². The molecular weight excluding hydrogens is 513 g/mol. The molecule has 8 aromatic carbocycles. The van der Waals surface area contributed by atoms with Crippen LogP contribution < -0.4 is 0 Å². The lowest BCUT2D eigenvalue weighted by atomic mass is 9.81. The van der Waals surface area contributed by atoms with Crippen LogP contribution in [-0.2, 0) is 6.18 Å². The molecule has 0 atom stereocenters. The number of fused-ring (bicyclic) bond motifs is 6. The molecule has 3 heteroatoms. The molecule has 0 unspecified atom stereocenters. The molecule has 0 saturated heterocycles. The molecule has 196 valence electrons. The van der Waals surface area contributed by atoms with Crippen molar-refractivity contribution in [1.29, 1.82) is 0 Å². The van der Waals surface area contributed by atoms with E-state index in [0.717, 1.165) is 43.6 Å². The number of rotatable bonds is 2. The Kier molecular flexibility index (Phi) is 5.00. The van der Waals surface area contributed by atoms with E-state index < -0.39 is 11.7 Å². The number of hydrogen-bond acceptors (Lipinski definition) is 0. The maximum atomic E-state index is 13.4. The molecule has 8 rings (SSSR count). The average molecular weight is 537 g/mol. The van der Waals surface area contributed by atoms with Gasteiger partial charge in [-0.05, 0) is 95.2 Å². The van der Waals surface area contributed by atoms with Gasteiger partial charge in [0.1, 0.15) is 0 Å². The lowest BCUT2D eigenvalue weighted by Crippen LogP contribution is -2.04. The van der Waals surface area contributed by atoms with Gasteiger partial charge in [0.05, 0.1) is 5.56 Å². The molecule has 0 aliphatic carbocycles. The first-order chi connectivity index (χ1) is 19.9. The molecular formula is C38H23F3. The van der Waals surface area contributed by atoms with Gasteiger partial charge in [-0.15, -0.1) is 0 Å². The van der Waals surface area contributed by atoms with Crippen molar-refractivity contribution in [2.45, 2.75) is 13.1 Å². The van der Waals surface area contributed by atoms with Gasteiger partial charge in [0, 0.05) is 0 Å².